The molecule has 10 N–H and O–H groups in total. The summed E-state index contributed by atoms with van der Waals surface area (Å²) in [5.41, 5.74) is 13.7. The molecular weight excluding hydrogens is 1560 g/mol. The number of nitrogens with one attached hydrogen (secondary N) is 5. The van der Waals surface area contributed by atoms with E-state index in [-0.39, 0.29) is 60.8 Å². The molecule has 22 nitrogen and oxygen atoms in total. The Balaban J connectivity index is 0.000000163. The molecule has 3 fully saturated rings. The normalized spacial score (nSPS) is 17.5. The number of likely N-dealkylation sites (tertiary alicyclic amines) is 1. The lowest BCUT2D eigenvalue weighted by Gasteiger charge is -2.26. The van der Waals surface area contributed by atoms with Crippen LogP contribution in [-0.4, -0.2) is 172 Å². The molecule has 1 saturated carbocycles. The van der Waals surface area contributed by atoms with Crippen LogP contribution in [0.1, 0.15) is 116 Å². The third-order valence-corrected chi connectivity index (χ3v) is 24.4. The highest BCUT2D eigenvalue weighted by molar-refractivity contribution is 6.59. The number of carbonyl (C=O) groups excluding carboxylic acids is 5. The van der Waals surface area contributed by atoms with Gasteiger partial charge in [0.25, 0.3) is 0 Å². The first kappa shape index (κ1) is 86.7. The Morgan fingerprint density at radius 2 is 0.855 bits per heavy atom. The zero-order valence-electron chi connectivity index (χ0n) is 70.3. The Morgan fingerprint density at radius 3 is 1.27 bits per heavy atom. The summed E-state index contributed by atoms with van der Waals surface area (Å²) in [5.74, 6) is -1.15. The van der Waals surface area contributed by atoms with Crippen LogP contribution in [0.2, 0.25) is 0 Å². The highest BCUT2D eigenvalue weighted by atomic mass is 16.6. The number of hydrogen-bond acceptors (Lipinski definition) is 16. The van der Waals surface area contributed by atoms with Crippen LogP contribution in [0.4, 0.5) is 14.4 Å². The molecule has 17 rings (SSSR count). The maximum Gasteiger partial charge on any atom is 0.488 e. The van der Waals surface area contributed by atoms with Gasteiger partial charge in [0, 0.05) is 95.3 Å². The minimum absolute atomic E-state index is 0.00802. The quantitative estimate of drug-likeness (QED) is 0.0144. The molecule has 6 atom stereocenters. The van der Waals surface area contributed by atoms with Crippen molar-refractivity contribution in [1.29, 1.82) is 0 Å². The van der Waals surface area contributed by atoms with Crippen LogP contribution in [0.25, 0.3) is 65.3 Å². The lowest BCUT2D eigenvalue weighted by molar-refractivity contribution is -0.142. The van der Waals surface area contributed by atoms with E-state index in [4.69, 9.17) is 19.3 Å². The SMILES string of the molecule is C[C@H]1C[C@@H](C(=O)O)N(C(=O)OC(C)(C)C)C1.O=C(N[C@@H]1CC[C@H](C(=O)NCCN(Cc2ccccc2B(O)O)Cc2c3ccccc3cc3ccccc23)C1)OCC1c2ccccc2-c2ccccc21.O=C(N[C@@H]1CN[C@H](C(=O)NCCN(Cc2ccccc2B(O)O)Cc2c3ccccc3cc3ccccc23)C1)OCC1c2ccccc2-c2ccccc21. The number of benzene rings is 12. The number of nitrogens with zero attached hydrogens (tertiary/aromatic N) is 3. The van der Waals surface area contributed by atoms with Gasteiger partial charge in [0.05, 0.1) is 6.04 Å². The summed E-state index contributed by atoms with van der Waals surface area (Å²) in [6.07, 6.45) is 1.42. The van der Waals surface area contributed by atoms with Gasteiger partial charge in [0.2, 0.25) is 11.8 Å². The molecule has 2 aliphatic heterocycles. The third-order valence-electron chi connectivity index (χ3n) is 24.4. The number of carbonyl (C=O) groups is 6. The van der Waals surface area contributed by atoms with Gasteiger partial charge in [-0.1, -0.05) is 250 Å². The Hall–Kier alpha value is -12.3. The van der Waals surface area contributed by atoms with Crippen molar-refractivity contribution >= 4 is 104 Å². The highest BCUT2D eigenvalue weighted by Crippen LogP contribution is 2.46. The minimum atomic E-state index is -1.59. The van der Waals surface area contributed by atoms with Crippen molar-refractivity contribution in [2.75, 3.05) is 52.5 Å². The fourth-order valence-electron chi connectivity index (χ4n) is 18.5. The molecule has 636 valence electrons. The van der Waals surface area contributed by atoms with E-state index >= 15 is 0 Å². The second-order valence-electron chi connectivity index (χ2n) is 34.1. The van der Waals surface area contributed by atoms with Gasteiger partial charge in [-0.25, -0.2) is 19.2 Å². The first-order valence-electron chi connectivity index (χ1n) is 42.9. The first-order chi connectivity index (χ1) is 60.1. The molecule has 0 spiro atoms. The van der Waals surface area contributed by atoms with Gasteiger partial charge in [-0.3, -0.25) is 24.3 Å². The lowest BCUT2D eigenvalue weighted by atomic mass is 9.77. The summed E-state index contributed by atoms with van der Waals surface area (Å²) >= 11 is 0. The molecule has 12 aromatic rings. The number of hydrogen-bond donors (Lipinski definition) is 10. The van der Waals surface area contributed by atoms with E-state index < -0.39 is 56.2 Å². The number of rotatable bonds is 25. The molecule has 24 heteroatoms. The maximum absolute atomic E-state index is 13.5. The Morgan fingerprint density at radius 1 is 0.468 bits per heavy atom. The van der Waals surface area contributed by atoms with Gasteiger partial charge < -0.3 is 66.0 Å². The molecule has 0 aromatic heterocycles. The summed E-state index contributed by atoms with van der Waals surface area (Å²) < 4.78 is 16.7. The predicted octanol–water partition coefficient (Wildman–Crippen LogP) is 13.3. The third kappa shape index (κ3) is 20.6. The molecule has 0 bridgehead atoms. The fourth-order valence-corrected chi connectivity index (χ4v) is 18.5. The summed E-state index contributed by atoms with van der Waals surface area (Å²) in [5, 5.41) is 74.3. The number of carboxylic acids is 1. The predicted molar refractivity (Wildman–Crippen MR) is 486 cm³/mol. The van der Waals surface area contributed by atoms with Crippen LogP contribution < -0.4 is 37.5 Å². The van der Waals surface area contributed by atoms with Crippen molar-refractivity contribution in [1.82, 2.24) is 41.3 Å². The summed E-state index contributed by atoms with van der Waals surface area (Å²) in [6, 6.07) is 84.0. The molecule has 0 radical (unpaired) electrons. The van der Waals surface area contributed by atoms with E-state index in [1.807, 2.05) is 116 Å². The zero-order valence-corrected chi connectivity index (χ0v) is 70.3. The maximum atomic E-state index is 13.5. The van der Waals surface area contributed by atoms with Crippen LogP contribution in [0.3, 0.4) is 0 Å². The fraction of sp³-hybridized carbons (Fsp3) is 0.300. The number of carboxylic acid groups (broad SMARTS) is 1. The first-order valence-corrected chi connectivity index (χ1v) is 42.9. The van der Waals surface area contributed by atoms with Gasteiger partial charge in [-0.15, -0.1) is 0 Å². The smallest absolute Gasteiger partial charge is 0.480 e. The van der Waals surface area contributed by atoms with Crippen LogP contribution in [0.15, 0.2) is 255 Å². The number of alkyl carbamates (subject to hydrolysis) is 2. The van der Waals surface area contributed by atoms with Gasteiger partial charge in [-0.05, 0) is 192 Å². The van der Waals surface area contributed by atoms with Gasteiger partial charge in [-0.2, -0.15) is 0 Å². The van der Waals surface area contributed by atoms with Gasteiger partial charge >= 0.3 is 38.5 Å². The van der Waals surface area contributed by atoms with Crippen molar-refractivity contribution in [2.24, 2.45) is 11.8 Å². The van der Waals surface area contributed by atoms with Crippen LogP contribution in [0, 0.1) is 11.8 Å². The lowest BCUT2D eigenvalue weighted by Crippen LogP contribution is -2.43. The summed E-state index contributed by atoms with van der Waals surface area (Å²) in [4.78, 5) is 81.3. The monoisotopic (exact) mass is 1660 g/mol. The molecule has 3 aliphatic carbocycles. The minimum Gasteiger partial charge on any atom is -0.480 e. The summed E-state index contributed by atoms with van der Waals surface area (Å²) in [6.45, 7) is 12.6. The van der Waals surface area contributed by atoms with Crippen molar-refractivity contribution in [2.45, 2.75) is 128 Å². The molecule has 0 unspecified atom stereocenters. The standard InChI is InChI=1S/C45H44BN3O5.C44H43BN4O5.C11H19NO4/c50-44(32-21-22-34(26-32)48-45(51)54-29-42-39-18-8-6-16-37(39)38-17-7-9-19-40(38)42)47-23-24-49(27-33-13-3-10-20-43(33)46(52)53)28-41-35-14-4-1-11-30(35)25-31-12-2-5-15-36(31)41;50-43(42-24-32(25-47-42)48-44(51)54-28-40-37-18-8-6-16-35(37)36-17-7-9-19-38(36)40)46-21-22-49(26-31-13-3-10-20-41(31)45(52)53)27-39-33-14-4-1-11-29(33)23-30-12-2-5-15-34(30)39;1-7-5-8(9(13)14)12(6-7)10(15)16-11(2,3)4/h1-20,25,32,34,42,52-53H,21-24,26-29H2,(H,47,50)(H,48,51);1-20,23,32,40,42,47,52-53H,21-22,24-28H2,(H,46,50)(H,48,51);7-8H,5-6H2,1-4H3,(H,13,14)/t32-,34+;32-,42-;7-,8-/m000/s1. The molecule has 2 saturated heterocycles. The van der Waals surface area contributed by atoms with Crippen molar-refractivity contribution in [3.63, 3.8) is 0 Å². The highest BCUT2D eigenvalue weighted by Gasteiger charge is 2.41. The van der Waals surface area contributed by atoms with Crippen LogP contribution in [0.5, 0.6) is 0 Å². The number of amides is 5. The van der Waals surface area contributed by atoms with Gasteiger partial charge in [0.15, 0.2) is 0 Å². The average Bonchev–Trinajstić information content (AvgIpc) is 1.48. The topological polar surface area (TPSA) is 301 Å². The summed E-state index contributed by atoms with van der Waals surface area (Å²) in [7, 11) is -3.18. The number of aliphatic carboxylic acids is 1. The van der Waals surface area contributed by atoms with E-state index in [1.54, 1.807) is 45.0 Å². The van der Waals surface area contributed by atoms with Crippen molar-refractivity contribution < 1.29 is 68.2 Å². The van der Waals surface area contributed by atoms with Crippen molar-refractivity contribution in [3.8, 4) is 22.3 Å². The Bertz CT molecular complexity index is 5340. The molecular formula is C100H106B2N8O14. The van der Waals surface area contributed by atoms with E-state index in [0.717, 1.165) is 54.6 Å². The van der Waals surface area contributed by atoms with Crippen LogP contribution in [-0.2, 0) is 54.8 Å². The molecule has 2 heterocycles. The Kier molecular flexibility index (Phi) is 27.6. The molecule has 124 heavy (non-hydrogen) atoms. The number of fused-ring (bicyclic) bond motifs is 10. The second kappa shape index (κ2) is 39.5. The van der Waals surface area contributed by atoms with E-state index in [2.05, 4.69) is 158 Å². The Labute approximate surface area is 723 Å². The van der Waals surface area contributed by atoms with Gasteiger partial charge in [0.1, 0.15) is 24.9 Å². The van der Waals surface area contributed by atoms with E-state index in [1.165, 1.54) is 60.2 Å². The average molecular weight is 1670 g/mol. The molecule has 5 amide bonds. The number of ether oxygens (including phenoxy) is 3. The zero-order chi connectivity index (χ0) is 86.5. The van der Waals surface area contributed by atoms with Crippen LogP contribution >= 0.6 is 0 Å². The largest absolute Gasteiger partial charge is 0.488 e. The van der Waals surface area contributed by atoms with E-state index in [0.29, 0.717) is 108 Å². The van der Waals surface area contributed by atoms with Crippen molar-refractivity contribution in [3.05, 3.63) is 299 Å². The van der Waals surface area contributed by atoms with E-state index in [9.17, 15) is 48.9 Å². The molecule has 12 aromatic carbocycles. The second-order valence-corrected chi connectivity index (χ2v) is 34.1. The molecule has 5 aliphatic rings.